The number of carbonyl (C=O) groups excluding carboxylic acids is 1. The van der Waals surface area contributed by atoms with Crippen LogP contribution in [0.5, 0.6) is 0 Å². The Bertz CT molecular complexity index is 864. The van der Waals surface area contributed by atoms with Crippen LogP contribution < -0.4 is 5.32 Å². The summed E-state index contributed by atoms with van der Waals surface area (Å²) in [7, 11) is 0. The zero-order chi connectivity index (χ0) is 16.2. The number of nitro groups is 1. The molecule has 0 aliphatic carbocycles. The van der Waals surface area contributed by atoms with Gasteiger partial charge in [0.05, 0.1) is 15.1 Å². The van der Waals surface area contributed by atoms with Crippen molar-refractivity contribution in [2.75, 3.05) is 5.32 Å². The fraction of sp³-hybridized carbons (Fsp3) is 0.0667. The lowest BCUT2D eigenvalue weighted by Crippen LogP contribution is -2.13. The number of hydrogen-bond donors (Lipinski definition) is 1. The number of benzene rings is 2. The van der Waals surface area contributed by atoms with Crippen LogP contribution in [-0.2, 0) is 11.3 Å². The molecule has 23 heavy (non-hydrogen) atoms. The van der Waals surface area contributed by atoms with E-state index in [4.69, 9.17) is 4.74 Å². The highest BCUT2D eigenvalue weighted by Gasteiger charge is 2.12. The minimum atomic E-state index is -0.623. The molecule has 8 heteroatoms. The molecule has 1 heterocycles. The third kappa shape index (κ3) is 3.61. The third-order valence-corrected chi connectivity index (χ3v) is 3.94. The second-order valence-corrected chi connectivity index (χ2v) is 5.65. The average Bonchev–Trinajstić information content (AvgIpc) is 2.95. The van der Waals surface area contributed by atoms with Gasteiger partial charge in [0.2, 0.25) is 0 Å². The second kappa shape index (κ2) is 6.41. The molecule has 0 unspecified atom stereocenters. The molecule has 0 spiro atoms. The first-order valence-corrected chi connectivity index (χ1v) is 7.46. The zero-order valence-electron chi connectivity index (χ0n) is 11.8. The first kappa shape index (κ1) is 14.9. The van der Waals surface area contributed by atoms with Crippen LogP contribution >= 0.6 is 11.3 Å². The molecular weight excluding hydrogens is 318 g/mol. The summed E-state index contributed by atoms with van der Waals surface area (Å²) < 4.78 is 5.72. The van der Waals surface area contributed by atoms with Gasteiger partial charge in [0.25, 0.3) is 5.69 Å². The Labute approximate surface area is 134 Å². The normalized spacial score (nSPS) is 10.4. The highest BCUT2D eigenvalue weighted by atomic mass is 32.1. The van der Waals surface area contributed by atoms with Crippen LogP contribution in [0.1, 0.15) is 5.56 Å². The monoisotopic (exact) mass is 329 g/mol. The molecule has 2 aromatic carbocycles. The van der Waals surface area contributed by atoms with E-state index in [9.17, 15) is 14.9 Å². The Morgan fingerprint density at radius 1 is 1.26 bits per heavy atom. The number of carbonyl (C=O) groups is 1. The number of nitro benzene ring substituents is 1. The van der Waals surface area contributed by atoms with E-state index in [-0.39, 0.29) is 12.3 Å². The van der Waals surface area contributed by atoms with E-state index in [1.807, 2.05) is 30.3 Å². The average molecular weight is 329 g/mol. The maximum absolute atomic E-state index is 11.8. The lowest BCUT2D eigenvalue weighted by molar-refractivity contribution is -0.384. The van der Waals surface area contributed by atoms with Gasteiger partial charge in [0, 0.05) is 12.1 Å². The number of fused-ring (bicyclic) bond motifs is 1. The number of rotatable bonds is 4. The molecule has 116 valence electrons. The maximum Gasteiger partial charge on any atom is 0.413 e. The van der Waals surface area contributed by atoms with Crippen molar-refractivity contribution in [1.82, 2.24) is 4.98 Å². The first-order valence-electron chi connectivity index (χ1n) is 6.64. The van der Waals surface area contributed by atoms with Crippen molar-refractivity contribution in [1.29, 1.82) is 0 Å². The van der Waals surface area contributed by atoms with Crippen molar-refractivity contribution in [2.45, 2.75) is 6.61 Å². The smallest absolute Gasteiger partial charge is 0.413 e. The molecule has 7 nitrogen and oxygen atoms in total. The third-order valence-electron chi connectivity index (χ3n) is 3.00. The van der Waals surface area contributed by atoms with Crippen molar-refractivity contribution in [3.63, 3.8) is 0 Å². The quantitative estimate of drug-likeness (QED) is 0.577. The van der Waals surface area contributed by atoms with Gasteiger partial charge in [-0.05, 0) is 11.6 Å². The Morgan fingerprint density at radius 2 is 2.04 bits per heavy atom. The van der Waals surface area contributed by atoms with E-state index in [1.165, 1.54) is 12.1 Å². The number of thiazole rings is 1. The number of nitrogens with one attached hydrogen (secondary N) is 1. The van der Waals surface area contributed by atoms with Gasteiger partial charge in [-0.2, -0.15) is 0 Å². The first-order chi connectivity index (χ1) is 11.1. The predicted molar refractivity (Wildman–Crippen MR) is 86.5 cm³/mol. The lowest BCUT2D eigenvalue weighted by atomic mass is 10.2. The Morgan fingerprint density at radius 3 is 2.78 bits per heavy atom. The molecular formula is C15H11N3O4S. The topological polar surface area (TPSA) is 94.4 Å². The van der Waals surface area contributed by atoms with Gasteiger partial charge in [-0.25, -0.2) is 9.78 Å². The van der Waals surface area contributed by atoms with Gasteiger partial charge < -0.3 is 4.74 Å². The van der Waals surface area contributed by atoms with Gasteiger partial charge >= 0.3 is 6.09 Å². The SMILES string of the molecule is O=C(Nc1nc2ccc([N+](=O)[O-])cc2s1)OCc1ccccc1. The van der Waals surface area contributed by atoms with Crippen LogP contribution in [-0.4, -0.2) is 16.0 Å². The molecule has 0 aliphatic heterocycles. The summed E-state index contributed by atoms with van der Waals surface area (Å²) in [5.74, 6) is 0. The molecule has 0 bridgehead atoms. The Kier molecular flexibility index (Phi) is 4.15. The molecule has 1 amide bonds. The van der Waals surface area contributed by atoms with E-state index in [1.54, 1.807) is 6.07 Å². The van der Waals surface area contributed by atoms with E-state index >= 15 is 0 Å². The fourth-order valence-corrected chi connectivity index (χ4v) is 2.81. The summed E-state index contributed by atoms with van der Waals surface area (Å²) in [4.78, 5) is 26.2. The van der Waals surface area contributed by atoms with Crippen molar-refractivity contribution in [3.05, 3.63) is 64.2 Å². The second-order valence-electron chi connectivity index (χ2n) is 4.61. The number of anilines is 1. The summed E-state index contributed by atoms with van der Waals surface area (Å²) in [6, 6.07) is 13.6. The number of amides is 1. The lowest BCUT2D eigenvalue weighted by Gasteiger charge is -2.04. The van der Waals surface area contributed by atoms with Crippen LogP contribution in [0.25, 0.3) is 10.2 Å². The molecule has 0 atom stereocenters. The van der Waals surface area contributed by atoms with E-state index < -0.39 is 11.0 Å². The molecule has 0 radical (unpaired) electrons. The standard InChI is InChI=1S/C15H11N3O4S/c19-15(22-9-10-4-2-1-3-5-10)17-14-16-12-7-6-11(18(20)21)8-13(12)23-14/h1-8H,9H2,(H,16,17,19). The highest BCUT2D eigenvalue weighted by Crippen LogP contribution is 2.29. The summed E-state index contributed by atoms with van der Waals surface area (Å²) in [6.45, 7) is 0.156. The summed E-state index contributed by atoms with van der Waals surface area (Å²) in [5.41, 5.74) is 1.45. The Hall–Kier alpha value is -3.00. The molecule has 0 aliphatic rings. The van der Waals surface area contributed by atoms with Gasteiger partial charge in [0.15, 0.2) is 5.13 Å². The minimum absolute atomic E-state index is 0.0145. The largest absolute Gasteiger partial charge is 0.444 e. The van der Waals surface area contributed by atoms with Crippen LogP contribution in [0.4, 0.5) is 15.6 Å². The molecule has 3 rings (SSSR count). The number of aromatic nitrogens is 1. The molecule has 3 aromatic rings. The van der Waals surface area contributed by atoms with Gasteiger partial charge in [-0.3, -0.25) is 15.4 Å². The number of non-ortho nitro benzene ring substituents is 1. The number of nitrogens with zero attached hydrogens (tertiary/aromatic N) is 2. The number of ether oxygens (including phenoxy) is 1. The van der Waals surface area contributed by atoms with E-state index in [0.717, 1.165) is 16.9 Å². The van der Waals surface area contributed by atoms with Gasteiger partial charge in [-0.1, -0.05) is 41.7 Å². The summed E-state index contributed by atoms with van der Waals surface area (Å²) in [5, 5.41) is 13.6. The van der Waals surface area contributed by atoms with Crippen molar-refractivity contribution in [2.24, 2.45) is 0 Å². The fourth-order valence-electron chi connectivity index (χ4n) is 1.93. The molecule has 1 N–H and O–H groups in total. The van der Waals surface area contributed by atoms with Crippen LogP contribution in [0, 0.1) is 10.1 Å². The predicted octanol–water partition coefficient (Wildman–Crippen LogP) is 3.95. The van der Waals surface area contributed by atoms with Crippen molar-refractivity contribution in [3.8, 4) is 0 Å². The number of hydrogen-bond acceptors (Lipinski definition) is 6. The minimum Gasteiger partial charge on any atom is -0.444 e. The summed E-state index contributed by atoms with van der Waals surface area (Å²) in [6.07, 6.45) is -0.623. The maximum atomic E-state index is 11.8. The van der Waals surface area contributed by atoms with Crippen LogP contribution in [0.3, 0.4) is 0 Å². The van der Waals surface area contributed by atoms with Gasteiger partial charge in [0.1, 0.15) is 6.61 Å². The van der Waals surface area contributed by atoms with Crippen molar-refractivity contribution >= 4 is 38.5 Å². The molecule has 0 fully saturated rings. The highest BCUT2D eigenvalue weighted by molar-refractivity contribution is 7.22. The summed E-state index contributed by atoms with van der Waals surface area (Å²) >= 11 is 1.15. The van der Waals surface area contributed by atoms with Crippen molar-refractivity contribution < 1.29 is 14.5 Å². The zero-order valence-corrected chi connectivity index (χ0v) is 12.6. The molecule has 1 aromatic heterocycles. The van der Waals surface area contributed by atoms with E-state index in [0.29, 0.717) is 15.3 Å². The van der Waals surface area contributed by atoms with Crippen LogP contribution in [0.15, 0.2) is 48.5 Å². The van der Waals surface area contributed by atoms with Gasteiger partial charge in [-0.15, -0.1) is 0 Å². The Balaban J connectivity index is 1.66. The molecule has 0 saturated carbocycles. The molecule has 0 saturated heterocycles. The van der Waals surface area contributed by atoms with Crippen LogP contribution in [0.2, 0.25) is 0 Å². The van der Waals surface area contributed by atoms with E-state index in [2.05, 4.69) is 10.3 Å².